The molecule has 30 heteroatoms. The van der Waals surface area contributed by atoms with Crippen LogP contribution in [0.15, 0.2) is 158 Å². The van der Waals surface area contributed by atoms with Gasteiger partial charge < -0.3 is 49.2 Å². The topological polar surface area (TPSA) is 335 Å². The second kappa shape index (κ2) is 30.3. The molecule has 0 bridgehead atoms. The molecule has 3 saturated carbocycles. The van der Waals surface area contributed by atoms with E-state index in [1.165, 1.54) is 36.4 Å². The third-order valence-electron chi connectivity index (χ3n) is 19.5. The number of ether oxygens (including phenoxy) is 5. The molecule has 544 valence electrons. The molecule has 6 aromatic carbocycles. The van der Waals surface area contributed by atoms with E-state index in [1.807, 2.05) is 83.8 Å². The molecule has 0 atom stereocenters. The lowest BCUT2D eigenvalue weighted by atomic mass is 9.65. The Balaban J connectivity index is 0.000000137. The molecule has 15 rings (SSSR count). The van der Waals surface area contributed by atoms with Crippen LogP contribution < -0.4 is 44.1 Å². The van der Waals surface area contributed by atoms with Gasteiger partial charge in [-0.05, 0) is 128 Å². The molecule has 3 amide bonds. The van der Waals surface area contributed by atoms with Gasteiger partial charge in [-0.3, -0.25) is 53.7 Å². The number of pyridine rings is 2. The van der Waals surface area contributed by atoms with Crippen LogP contribution in [0.1, 0.15) is 108 Å². The number of amides is 3. The summed E-state index contributed by atoms with van der Waals surface area (Å²) in [6.45, 7) is 0.904. The number of hydrogen-bond acceptors (Lipinski definition) is 21. The van der Waals surface area contributed by atoms with Crippen molar-refractivity contribution in [2.24, 2.45) is 0 Å². The number of rotatable bonds is 20. The van der Waals surface area contributed by atoms with E-state index in [0.29, 0.717) is 96.4 Å². The minimum Gasteiger partial charge on any atom is -0.505 e. The fourth-order valence-corrected chi connectivity index (χ4v) is 14.1. The zero-order valence-electron chi connectivity index (χ0n) is 57.3. The molecular formula is C75H71F3N10O16S. The average Bonchev–Trinajstić information content (AvgIpc) is 1.58. The molecular weight excluding hydrogens is 1390 g/mol. The van der Waals surface area contributed by atoms with E-state index in [4.69, 9.17) is 29.4 Å². The first kappa shape index (κ1) is 73.0. The van der Waals surface area contributed by atoms with Crippen molar-refractivity contribution >= 4 is 62.0 Å². The molecule has 26 nitrogen and oxygen atoms in total. The van der Waals surface area contributed by atoms with Crippen LogP contribution in [0, 0.1) is 37.8 Å². The first-order chi connectivity index (χ1) is 50.3. The minimum atomic E-state index is -3.49. The van der Waals surface area contributed by atoms with Gasteiger partial charge in [-0.25, -0.2) is 13.8 Å². The molecule has 0 unspecified atom stereocenters. The molecule has 3 aliphatic heterocycles. The Hall–Kier alpha value is -11.8. The molecule has 6 aliphatic rings. The van der Waals surface area contributed by atoms with Gasteiger partial charge in [0.25, 0.3) is 21.5 Å². The molecule has 3 aliphatic carbocycles. The number of nitrogen functional groups attached to an aromatic ring is 1. The fourth-order valence-electron chi connectivity index (χ4n) is 13.7. The second-order valence-electron chi connectivity index (χ2n) is 26.0. The van der Waals surface area contributed by atoms with Crippen molar-refractivity contribution in [3.63, 3.8) is 0 Å². The van der Waals surface area contributed by atoms with Gasteiger partial charge in [0.05, 0.1) is 144 Å². The number of phenols is 1. The molecule has 3 N–H and O–H groups in total. The first-order valence-electron chi connectivity index (χ1n) is 33.3. The highest BCUT2D eigenvalue weighted by molar-refractivity contribution is 7.85. The summed E-state index contributed by atoms with van der Waals surface area (Å²) < 4.78 is 91.8. The minimum absolute atomic E-state index is 0.0224. The van der Waals surface area contributed by atoms with Gasteiger partial charge in [-0.2, -0.15) is 12.8 Å². The van der Waals surface area contributed by atoms with E-state index < -0.39 is 53.8 Å². The maximum Gasteiger partial charge on any atom is 0.273 e. The summed E-state index contributed by atoms with van der Waals surface area (Å²) in [5, 5.41) is 33.3. The highest BCUT2D eigenvalue weighted by atomic mass is 32.2. The van der Waals surface area contributed by atoms with Crippen LogP contribution in [0.3, 0.4) is 0 Å². The van der Waals surface area contributed by atoms with Gasteiger partial charge in [-0.1, -0.05) is 55.7 Å². The summed E-state index contributed by atoms with van der Waals surface area (Å²) in [4.78, 5) is 82.2. The van der Waals surface area contributed by atoms with Crippen LogP contribution in [0.5, 0.6) is 34.5 Å². The van der Waals surface area contributed by atoms with Gasteiger partial charge in [0.1, 0.15) is 60.2 Å². The fraction of sp³-hybridized carbons (Fsp3) is 0.293. The smallest absolute Gasteiger partial charge is 0.273 e. The van der Waals surface area contributed by atoms with Crippen molar-refractivity contribution in [3.8, 4) is 34.5 Å². The Labute approximate surface area is 600 Å². The van der Waals surface area contributed by atoms with Crippen LogP contribution in [-0.4, -0.2) is 88.6 Å². The standard InChI is InChI=1S/C25H22FN3O5.C25H24FN3O3.C19H18N2O5.C6H7FN2O3S/c1-33-20-7-3-16(4-8-20)14-28-23-21(25(24(28)30)9-2-10-25)11-19(29(31)32)12-22(23)34-15-18-6-5-17(26)13-27-18;1-31-20-7-3-16(4-8-20)14-29-23-21(25(24(29)30)9-2-10-25)11-18(27)12-22(23)32-15-19-6-5-17(26)13-28-19;1-26-14-5-3-12(4-6-14)11-20-17-15(19(18(20)23)7-2-8-19)9-13(21(24)25)10-16(17)22;1-13(10,11)12-4-5-2-9-6(7)3-8-5/h3-8,11-13H,2,9-10,14-15H2,1H3;3-8,11-13H,2,9-10,14-15,27H2,1H3;3-6,9-10,22H,2,7-8,11H2,1H3;2-3H,4H2,1H3. The summed E-state index contributed by atoms with van der Waals surface area (Å²) in [6.07, 6.45) is 12.1. The van der Waals surface area contributed by atoms with E-state index in [9.17, 15) is 61.3 Å². The normalized spacial score (nSPS) is 15.6. The van der Waals surface area contributed by atoms with Crippen molar-refractivity contribution in [1.29, 1.82) is 0 Å². The lowest BCUT2D eigenvalue weighted by molar-refractivity contribution is -0.385. The summed E-state index contributed by atoms with van der Waals surface area (Å²) >= 11 is 0. The number of carbonyl (C=O) groups is 3. The quantitative estimate of drug-likeness (QED) is 0.0310. The van der Waals surface area contributed by atoms with Gasteiger partial charge in [-0.15, -0.1) is 0 Å². The van der Waals surface area contributed by atoms with Gasteiger partial charge >= 0.3 is 0 Å². The number of nitrogens with two attached hydrogens (primary N) is 1. The number of nitrogens with zero attached hydrogens (tertiary/aromatic N) is 9. The number of aromatic hydroxyl groups is 1. The van der Waals surface area contributed by atoms with Gasteiger partial charge in [0.15, 0.2) is 5.75 Å². The van der Waals surface area contributed by atoms with E-state index in [-0.39, 0.29) is 66.1 Å². The van der Waals surface area contributed by atoms with Crippen LogP contribution in [-0.2, 0) is 84.4 Å². The molecule has 3 aromatic heterocycles. The number of hydrogen-bond donors (Lipinski definition) is 2. The summed E-state index contributed by atoms with van der Waals surface area (Å²) in [6, 6.07) is 37.2. The Morgan fingerprint density at radius 1 is 0.495 bits per heavy atom. The maximum absolute atomic E-state index is 13.7. The summed E-state index contributed by atoms with van der Waals surface area (Å²) in [5.41, 5.74) is 12.4. The van der Waals surface area contributed by atoms with Gasteiger partial charge in [0.2, 0.25) is 23.7 Å². The first-order valence-corrected chi connectivity index (χ1v) is 35.1. The number of halogens is 3. The predicted molar refractivity (Wildman–Crippen MR) is 377 cm³/mol. The number of nitro benzene ring substituents is 2. The van der Waals surface area contributed by atoms with Crippen molar-refractivity contribution < 1.29 is 78.8 Å². The molecule has 105 heavy (non-hydrogen) atoms. The summed E-state index contributed by atoms with van der Waals surface area (Å²) in [5.74, 6) is 1.08. The molecule has 3 fully saturated rings. The van der Waals surface area contributed by atoms with Crippen LogP contribution in [0.4, 0.5) is 47.3 Å². The van der Waals surface area contributed by atoms with E-state index in [1.54, 1.807) is 43.3 Å². The number of aromatic nitrogens is 4. The number of methoxy groups -OCH3 is 3. The maximum atomic E-state index is 13.7. The van der Waals surface area contributed by atoms with Gasteiger partial charge in [0, 0.05) is 35.0 Å². The number of benzene rings is 6. The molecule has 9 aromatic rings. The third-order valence-corrected chi connectivity index (χ3v) is 20.1. The van der Waals surface area contributed by atoms with Crippen molar-refractivity contribution in [1.82, 2.24) is 19.9 Å². The SMILES string of the molecule is COc1ccc(CN2C(=O)C3(CCC3)c3cc(N)cc(OCc4ccc(F)cn4)c32)cc1.COc1ccc(CN2C(=O)C3(CCC3)c3cc([N+](=O)[O-])cc(O)c32)cc1.COc1ccc(CN2C(=O)C3(CCC3)c3cc([N+](=O)[O-])cc(OCc4ccc(F)cn4)c32)cc1.CS(=O)(=O)OCc1cnc(F)cn1. The number of phenolic OH excluding ortho intramolecular Hbond substituents is 1. The third kappa shape index (κ3) is 15.2. The summed E-state index contributed by atoms with van der Waals surface area (Å²) in [7, 11) is 1.30. The second-order valence-corrected chi connectivity index (χ2v) is 27.6. The Morgan fingerprint density at radius 3 is 1.23 bits per heavy atom. The van der Waals surface area contributed by atoms with Crippen molar-refractivity contribution in [2.75, 3.05) is 48.0 Å². The van der Waals surface area contributed by atoms with Crippen LogP contribution in [0.2, 0.25) is 0 Å². The Kier molecular flexibility index (Phi) is 21.0. The Morgan fingerprint density at radius 2 is 0.876 bits per heavy atom. The Bertz CT molecular complexity index is 4880. The highest BCUT2D eigenvalue weighted by Gasteiger charge is 2.58. The van der Waals surface area contributed by atoms with E-state index in [0.717, 1.165) is 109 Å². The van der Waals surface area contributed by atoms with Crippen molar-refractivity contribution in [3.05, 3.63) is 247 Å². The predicted octanol–water partition coefficient (Wildman–Crippen LogP) is 12.4. The van der Waals surface area contributed by atoms with E-state index >= 15 is 0 Å². The number of nitro groups is 2. The highest BCUT2D eigenvalue weighted by Crippen LogP contribution is 2.60. The van der Waals surface area contributed by atoms with Crippen molar-refractivity contribution in [2.45, 2.75) is 113 Å². The zero-order valence-corrected chi connectivity index (χ0v) is 58.1. The zero-order chi connectivity index (χ0) is 74.5. The van der Waals surface area contributed by atoms with E-state index in [2.05, 4.69) is 24.1 Å². The molecule has 0 saturated heterocycles. The van der Waals surface area contributed by atoms with Crippen LogP contribution in [0.25, 0.3) is 0 Å². The molecule has 6 heterocycles. The largest absolute Gasteiger partial charge is 0.505 e. The number of anilines is 4. The number of fused-ring (bicyclic) bond motifs is 6. The monoisotopic (exact) mass is 1460 g/mol. The van der Waals surface area contributed by atoms with Crippen LogP contribution >= 0.6 is 0 Å². The number of carbonyl (C=O) groups excluding carboxylic acids is 3. The number of non-ortho nitro benzene ring substituents is 2. The lowest BCUT2D eigenvalue weighted by Gasteiger charge is -2.37. The average molecular weight is 1460 g/mol. The molecule has 0 radical (unpaired) electrons. The lowest BCUT2D eigenvalue weighted by Crippen LogP contribution is -2.44. The molecule has 3 spiro atoms.